The Morgan fingerprint density at radius 3 is 2.25 bits per heavy atom. The smallest absolute Gasteiger partial charge is 0.224 e. The summed E-state index contributed by atoms with van der Waals surface area (Å²) in [7, 11) is -3.14. The minimum atomic E-state index is -3.14. The Balaban J connectivity index is 1.83. The first-order valence-electron chi connectivity index (χ1n) is 7.41. The second-order valence-corrected chi connectivity index (χ2v) is 8.08. The number of nitrogens with two attached hydrogens (primary N) is 1. The van der Waals surface area contributed by atoms with Crippen LogP contribution in [-0.2, 0) is 14.8 Å². The van der Waals surface area contributed by atoms with Gasteiger partial charge in [0.05, 0.1) is 5.75 Å². The molecule has 0 radical (unpaired) electrons. The Bertz CT molecular complexity index is 451. The van der Waals surface area contributed by atoms with Crippen LogP contribution in [0.3, 0.4) is 0 Å². The molecular weight excluding hydrogens is 278 g/mol. The van der Waals surface area contributed by atoms with Gasteiger partial charge in [0.2, 0.25) is 15.9 Å². The van der Waals surface area contributed by atoms with E-state index in [2.05, 4.69) is 0 Å². The van der Waals surface area contributed by atoms with E-state index in [4.69, 9.17) is 5.73 Å². The van der Waals surface area contributed by atoms with Crippen molar-refractivity contribution in [1.29, 1.82) is 0 Å². The Labute approximate surface area is 121 Å². The first-order chi connectivity index (χ1) is 9.36. The van der Waals surface area contributed by atoms with E-state index in [-0.39, 0.29) is 17.2 Å². The molecule has 0 unspecified atom stereocenters. The maximum Gasteiger partial charge on any atom is 0.224 e. The maximum absolute atomic E-state index is 12.2. The van der Waals surface area contributed by atoms with Crippen molar-refractivity contribution in [3.63, 3.8) is 0 Å². The Kier molecular flexibility index (Phi) is 4.71. The molecular formula is C13H25N3O3S. The largest absolute Gasteiger partial charge is 0.340 e. The van der Waals surface area contributed by atoms with Crippen molar-refractivity contribution in [2.45, 2.75) is 44.6 Å². The summed E-state index contributed by atoms with van der Waals surface area (Å²) in [6.45, 7) is 3.64. The fourth-order valence-corrected chi connectivity index (χ4v) is 4.32. The molecule has 0 aromatic heterocycles. The molecule has 0 bridgehead atoms. The summed E-state index contributed by atoms with van der Waals surface area (Å²) in [5, 5.41) is 0. The van der Waals surface area contributed by atoms with Gasteiger partial charge in [-0.15, -0.1) is 0 Å². The molecule has 20 heavy (non-hydrogen) atoms. The molecule has 7 heteroatoms. The van der Waals surface area contributed by atoms with E-state index >= 15 is 0 Å². The standard InChI is InChI=1S/C13H25N3O3S/c1-2-10-20(18,19)16-8-6-15(7-9-16)12(17)11-13(14)4-3-5-13/h2-11,14H2,1H3. The molecule has 1 heterocycles. The lowest BCUT2D eigenvalue weighted by Gasteiger charge is -2.40. The van der Waals surface area contributed by atoms with Gasteiger partial charge in [0.1, 0.15) is 0 Å². The molecule has 2 N–H and O–H groups in total. The molecule has 2 rings (SSSR count). The van der Waals surface area contributed by atoms with Crippen molar-refractivity contribution in [1.82, 2.24) is 9.21 Å². The van der Waals surface area contributed by atoms with Crippen LogP contribution in [0.2, 0.25) is 0 Å². The summed E-state index contributed by atoms with van der Waals surface area (Å²) >= 11 is 0. The van der Waals surface area contributed by atoms with Gasteiger partial charge in [0.15, 0.2) is 0 Å². The molecule has 1 saturated carbocycles. The SMILES string of the molecule is CCCS(=O)(=O)N1CCN(C(=O)CC2(N)CCC2)CC1. The van der Waals surface area contributed by atoms with E-state index in [9.17, 15) is 13.2 Å². The van der Waals surface area contributed by atoms with Crippen LogP contribution in [-0.4, -0.2) is 61.0 Å². The quantitative estimate of drug-likeness (QED) is 0.783. The van der Waals surface area contributed by atoms with Crippen LogP contribution in [0.1, 0.15) is 39.0 Å². The number of carbonyl (C=O) groups is 1. The van der Waals surface area contributed by atoms with Gasteiger partial charge in [0, 0.05) is 38.1 Å². The fraction of sp³-hybridized carbons (Fsp3) is 0.923. The number of nitrogens with zero attached hydrogens (tertiary/aromatic N) is 2. The number of sulfonamides is 1. The van der Waals surface area contributed by atoms with Crippen LogP contribution in [0.5, 0.6) is 0 Å². The van der Waals surface area contributed by atoms with Gasteiger partial charge in [0.25, 0.3) is 0 Å². The van der Waals surface area contributed by atoms with E-state index in [1.54, 1.807) is 4.90 Å². The average Bonchev–Trinajstić information content (AvgIpc) is 2.37. The summed E-state index contributed by atoms with van der Waals surface area (Å²) in [4.78, 5) is 13.9. The zero-order valence-corrected chi connectivity index (χ0v) is 13.0. The van der Waals surface area contributed by atoms with E-state index < -0.39 is 10.0 Å². The molecule has 6 nitrogen and oxygen atoms in total. The molecule has 0 spiro atoms. The highest BCUT2D eigenvalue weighted by Crippen LogP contribution is 2.32. The van der Waals surface area contributed by atoms with Crippen LogP contribution in [0.4, 0.5) is 0 Å². The number of piperazine rings is 1. The first kappa shape index (κ1) is 15.7. The van der Waals surface area contributed by atoms with Crippen LogP contribution in [0, 0.1) is 0 Å². The van der Waals surface area contributed by atoms with Crippen molar-refractivity contribution in [2.75, 3.05) is 31.9 Å². The monoisotopic (exact) mass is 303 g/mol. The number of rotatable bonds is 5. The van der Waals surface area contributed by atoms with Crippen molar-refractivity contribution in [3.8, 4) is 0 Å². The maximum atomic E-state index is 12.2. The third kappa shape index (κ3) is 3.51. The number of carbonyl (C=O) groups excluding carboxylic acids is 1. The van der Waals surface area contributed by atoms with E-state index in [0.717, 1.165) is 19.3 Å². The lowest BCUT2D eigenvalue weighted by Crippen LogP contribution is -2.55. The summed E-state index contributed by atoms with van der Waals surface area (Å²) in [5.41, 5.74) is 5.79. The zero-order chi connectivity index (χ0) is 14.8. The molecule has 1 amide bonds. The molecule has 116 valence electrons. The molecule has 1 aliphatic carbocycles. The van der Waals surface area contributed by atoms with E-state index in [0.29, 0.717) is 39.0 Å². The van der Waals surface area contributed by atoms with Gasteiger partial charge in [-0.3, -0.25) is 4.79 Å². The van der Waals surface area contributed by atoms with Gasteiger partial charge in [-0.05, 0) is 25.7 Å². The second-order valence-electron chi connectivity index (χ2n) is 5.99. The van der Waals surface area contributed by atoms with Crippen molar-refractivity contribution >= 4 is 15.9 Å². The molecule has 1 aliphatic heterocycles. The average molecular weight is 303 g/mol. The predicted octanol–water partition coefficient (Wildman–Crippen LogP) is 0.142. The highest BCUT2D eigenvalue weighted by atomic mass is 32.2. The van der Waals surface area contributed by atoms with Gasteiger partial charge in [-0.25, -0.2) is 8.42 Å². The molecule has 2 fully saturated rings. The van der Waals surface area contributed by atoms with Crippen molar-refractivity contribution in [3.05, 3.63) is 0 Å². The lowest BCUT2D eigenvalue weighted by atomic mass is 9.75. The van der Waals surface area contributed by atoms with Crippen molar-refractivity contribution in [2.24, 2.45) is 5.73 Å². The third-order valence-corrected chi connectivity index (χ3v) is 6.38. The summed E-state index contributed by atoms with van der Waals surface area (Å²) in [5.74, 6) is 0.257. The minimum absolute atomic E-state index is 0.0692. The molecule has 1 saturated heterocycles. The van der Waals surface area contributed by atoms with Crippen LogP contribution >= 0.6 is 0 Å². The number of hydrogen-bond donors (Lipinski definition) is 1. The van der Waals surface area contributed by atoms with Crippen molar-refractivity contribution < 1.29 is 13.2 Å². The van der Waals surface area contributed by atoms with Gasteiger partial charge < -0.3 is 10.6 Å². The summed E-state index contributed by atoms with van der Waals surface area (Å²) < 4.78 is 25.4. The molecule has 0 aromatic carbocycles. The second kappa shape index (κ2) is 5.99. The Morgan fingerprint density at radius 1 is 1.20 bits per heavy atom. The summed E-state index contributed by atoms with van der Waals surface area (Å²) in [6, 6.07) is 0. The Morgan fingerprint density at radius 2 is 1.80 bits per heavy atom. The van der Waals surface area contributed by atoms with E-state index in [1.807, 2.05) is 6.92 Å². The Hall–Kier alpha value is -0.660. The number of amides is 1. The molecule has 0 aromatic rings. The van der Waals surface area contributed by atoms with Gasteiger partial charge in [-0.2, -0.15) is 4.31 Å². The predicted molar refractivity (Wildman–Crippen MR) is 77.6 cm³/mol. The highest BCUT2D eigenvalue weighted by molar-refractivity contribution is 7.89. The lowest BCUT2D eigenvalue weighted by molar-refractivity contribution is -0.134. The normalized spacial score (nSPS) is 23.4. The highest BCUT2D eigenvalue weighted by Gasteiger charge is 2.37. The van der Waals surface area contributed by atoms with Gasteiger partial charge >= 0.3 is 0 Å². The third-order valence-electron chi connectivity index (χ3n) is 4.30. The number of hydrogen-bond acceptors (Lipinski definition) is 4. The summed E-state index contributed by atoms with van der Waals surface area (Å²) in [6.07, 6.45) is 3.96. The van der Waals surface area contributed by atoms with Crippen LogP contribution < -0.4 is 5.73 Å². The first-order valence-corrected chi connectivity index (χ1v) is 9.02. The topological polar surface area (TPSA) is 83.7 Å². The van der Waals surface area contributed by atoms with E-state index in [1.165, 1.54) is 4.31 Å². The molecule has 2 aliphatic rings. The minimum Gasteiger partial charge on any atom is -0.340 e. The van der Waals surface area contributed by atoms with Crippen LogP contribution in [0.25, 0.3) is 0 Å². The zero-order valence-electron chi connectivity index (χ0n) is 12.2. The van der Waals surface area contributed by atoms with Crippen LogP contribution in [0.15, 0.2) is 0 Å². The molecule has 0 atom stereocenters. The fourth-order valence-electron chi connectivity index (χ4n) is 2.82. The van der Waals surface area contributed by atoms with Gasteiger partial charge in [-0.1, -0.05) is 6.92 Å².